The SMILES string of the molecule is N#C/C(=C\c1ccc(Cc2ccccc2)s1)c1ccc([N+](=O)[O-])cc1. The van der Waals surface area contributed by atoms with Crippen LogP contribution in [0.15, 0.2) is 66.7 Å². The number of nitriles is 1. The van der Waals surface area contributed by atoms with Crippen molar-refractivity contribution in [2.24, 2.45) is 0 Å². The topological polar surface area (TPSA) is 66.9 Å². The van der Waals surface area contributed by atoms with Crippen molar-refractivity contribution in [1.82, 2.24) is 0 Å². The van der Waals surface area contributed by atoms with Crippen LogP contribution in [0, 0.1) is 21.4 Å². The highest BCUT2D eigenvalue weighted by Crippen LogP contribution is 2.26. The summed E-state index contributed by atoms with van der Waals surface area (Å²) in [6.07, 6.45) is 2.68. The minimum atomic E-state index is -0.450. The highest BCUT2D eigenvalue weighted by molar-refractivity contribution is 7.13. The van der Waals surface area contributed by atoms with Crippen molar-refractivity contribution < 1.29 is 4.92 Å². The number of hydrogen-bond acceptors (Lipinski definition) is 4. The predicted octanol–water partition coefficient (Wildman–Crippen LogP) is 5.31. The third kappa shape index (κ3) is 4.19. The molecule has 0 aliphatic rings. The van der Waals surface area contributed by atoms with E-state index in [1.807, 2.05) is 30.3 Å². The first kappa shape index (κ1) is 16.6. The molecule has 3 aromatic rings. The van der Waals surface area contributed by atoms with Gasteiger partial charge in [0.15, 0.2) is 0 Å². The Morgan fingerprint density at radius 2 is 1.80 bits per heavy atom. The van der Waals surface area contributed by atoms with Crippen LogP contribution in [0.3, 0.4) is 0 Å². The molecule has 1 heterocycles. The van der Waals surface area contributed by atoms with E-state index in [0.29, 0.717) is 11.1 Å². The Kier molecular flexibility index (Phi) is 5.03. The molecule has 25 heavy (non-hydrogen) atoms. The summed E-state index contributed by atoms with van der Waals surface area (Å²) in [6, 6.07) is 22.5. The monoisotopic (exact) mass is 346 g/mol. The van der Waals surface area contributed by atoms with Gasteiger partial charge in [0.1, 0.15) is 0 Å². The average molecular weight is 346 g/mol. The number of allylic oxidation sites excluding steroid dienone is 1. The van der Waals surface area contributed by atoms with Crippen LogP contribution in [0.5, 0.6) is 0 Å². The molecule has 0 aliphatic carbocycles. The predicted molar refractivity (Wildman–Crippen MR) is 100 cm³/mol. The lowest BCUT2D eigenvalue weighted by Gasteiger charge is -1.99. The quantitative estimate of drug-likeness (QED) is 0.357. The summed E-state index contributed by atoms with van der Waals surface area (Å²) in [5.41, 5.74) is 2.42. The van der Waals surface area contributed by atoms with E-state index in [4.69, 9.17) is 0 Å². The van der Waals surface area contributed by atoms with Gasteiger partial charge in [-0.25, -0.2) is 0 Å². The van der Waals surface area contributed by atoms with Gasteiger partial charge in [-0.3, -0.25) is 10.1 Å². The lowest BCUT2D eigenvalue weighted by molar-refractivity contribution is -0.384. The second kappa shape index (κ2) is 7.56. The molecule has 0 spiro atoms. The second-order valence-electron chi connectivity index (χ2n) is 5.44. The van der Waals surface area contributed by atoms with Crippen LogP contribution in [0.2, 0.25) is 0 Å². The van der Waals surface area contributed by atoms with E-state index >= 15 is 0 Å². The lowest BCUT2D eigenvalue weighted by atomic mass is 10.1. The first-order valence-electron chi connectivity index (χ1n) is 7.65. The van der Waals surface area contributed by atoms with Crippen molar-refractivity contribution in [3.8, 4) is 6.07 Å². The van der Waals surface area contributed by atoms with Gasteiger partial charge in [0.05, 0.1) is 16.6 Å². The van der Waals surface area contributed by atoms with Gasteiger partial charge in [-0.1, -0.05) is 30.3 Å². The van der Waals surface area contributed by atoms with E-state index in [2.05, 4.69) is 24.3 Å². The fourth-order valence-corrected chi connectivity index (χ4v) is 3.44. The van der Waals surface area contributed by atoms with E-state index in [1.54, 1.807) is 23.5 Å². The molecule has 0 N–H and O–H groups in total. The molecule has 0 aliphatic heterocycles. The van der Waals surface area contributed by atoms with Crippen molar-refractivity contribution in [2.45, 2.75) is 6.42 Å². The third-order valence-corrected chi connectivity index (χ3v) is 4.73. The molecule has 0 fully saturated rings. The van der Waals surface area contributed by atoms with Gasteiger partial charge in [-0.05, 0) is 41.5 Å². The number of thiophene rings is 1. The standard InChI is InChI=1S/C20H14N2O2S/c21-14-17(16-6-8-18(9-7-16)22(23)24)13-20-11-10-19(25-20)12-15-4-2-1-3-5-15/h1-11,13H,12H2/b17-13+. The fourth-order valence-electron chi connectivity index (χ4n) is 2.45. The van der Waals surface area contributed by atoms with Gasteiger partial charge in [0.25, 0.3) is 5.69 Å². The van der Waals surface area contributed by atoms with E-state index in [-0.39, 0.29) is 5.69 Å². The van der Waals surface area contributed by atoms with Gasteiger partial charge in [-0.15, -0.1) is 11.3 Å². The summed E-state index contributed by atoms with van der Waals surface area (Å²) in [5.74, 6) is 0. The van der Waals surface area contributed by atoms with Crippen LogP contribution in [0.25, 0.3) is 11.6 Å². The third-order valence-electron chi connectivity index (χ3n) is 3.70. The molecule has 5 heteroatoms. The Morgan fingerprint density at radius 1 is 1.08 bits per heavy atom. The van der Waals surface area contributed by atoms with Gasteiger partial charge in [0, 0.05) is 28.3 Å². The Bertz CT molecular complexity index is 951. The summed E-state index contributed by atoms with van der Waals surface area (Å²) >= 11 is 1.64. The van der Waals surface area contributed by atoms with Crippen LogP contribution in [-0.4, -0.2) is 4.92 Å². The largest absolute Gasteiger partial charge is 0.269 e. The Hall–Kier alpha value is -3.23. The van der Waals surface area contributed by atoms with E-state index in [9.17, 15) is 15.4 Å². The van der Waals surface area contributed by atoms with Crippen LogP contribution >= 0.6 is 11.3 Å². The first-order chi connectivity index (χ1) is 12.2. The Balaban J connectivity index is 1.81. The number of hydrogen-bond donors (Lipinski definition) is 0. The molecule has 0 unspecified atom stereocenters. The number of benzene rings is 2. The molecule has 0 atom stereocenters. The maximum Gasteiger partial charge on any atom is 0.269 e. The minimum absolute atomic E-state index is 0.0160. The number of rotatable bonds is 5. The molecule has 3 rings (SSSR count). The molecular weight excluding hydrogens is 332 g/mol. The molecule has 0 bridgehead atoms. The zero-order valence-electron chi connectivity index (χ0n) is 13.3. The first-order valence-corrected chi connectivity index (χ1v) is 8.46. The summed E-state index contributed by atoms with van der Waals surface area (Å²) in [5, 5.41) is 20.1. The fraction of sp³-hybridized carbons (Fsp3) is 0.0500. The number of nitro benzene ring substituents is 1. The summed E-state index contributed by atoms with van der Waals surface area (Å²) < 4.78 is 0. The van der Waals surface area contributed by atoms with Gasteiger partial charge in [0.2, 0.25) is 0 Å². The van der Waals surface area contributed by atoms with E-state index < -0.39 is 4.92 Å². The number of non-ortho nitro benzene ring substituents is 1. The molecule has 0 radical (unpaired) electrons. The Morgan fingerprint density at radius 3 is 2.44 bits per heavy atom. The van der Waals surface area contributed by atoms with Gasteiger partial charge < -0.3 is 0 Å². The minimum Gasteiger partial charge on any atom is -0.258 e. The van der Waals surface area contributed by atoms with E-state index in [1.165, 1.54) is 22.6 Å². The molecule has 0 amide bonds. The molecule has 1 aromatic heterocycles. The zero-order chi connectivity index (χ0) is 17.6. The molecule has 0 saturated carbocycles. The van der Waals surface area contributed by atoms with Crippen molar-refractivity contribution in [1.29, 1.82) is 5.26 Å². The summed E-state index contributed by atoms with van der Waals surface area (Å²) in [4.78, 5) is 12.5. The van der Waals surface area contributed by atoms with Crippen LogP contribution in [0.4, 0.5) is 5.69 Å². The second-order valence-corrected chi connectivity index (χ2v) is 6.64. The van der Waals surface area contributed by atoms with Gasteiger partial charge in [-0.2, -0.15) is 5.26 Å². The maximum absolute atomic E-state index is 10.7. The molecule has 122 valence electrons. The molecule has 2 aromatic carbocycles. The summed E-state index contributed by atoms with van der Waals surface area (Å²) in [6.45, 7) is 0. The van der Waals surface area contributed by atoms with Crippen molar-refractivity contribution in [2.75, 3.05) is 0 Å². The maximum atomic E-state index is 10.7. The highest BCUT2D eigenvalue weighted by Gasteiger charge is 2.08. The zero-order valence-corrected chi connectivity index (χ0v) is 14.1. The van der Waals surface area contributed by atoms with Crippen molar-refractivity contribution in [3.05, 3.63) is 97.7 Å². The summed E-state index contributed by atoms with van der Waals surface area (Å²) in [7, 11) is 0. The Labute approximate surface area is 149 Å². The van der Waals surface area contributed by atoms with Crippen LogP contribution in [0.1, 0.15) is 20.9 Å². The average Bonchev–Trinajstić information content (AvgIpc) is 3.07. The molecule has 0 saturated heterocycles. The van der Waals surface area contributed by atoms with Gasteiger partial charge >= 0.3 is 0 Å². The number of nitro groups is 1. The van der Waals surface area contributed by atoms with Crippen LogP contribution in [-0.2, 0) is 6.42 Å². The molecule has 4 nitrogen and oxygen atoms in total. The molecular formula is C20H14N2O2S. The number of nitrogens with zero attached hydrogens (tertiary/aromatic N) is 2. The normalized spacial score (nSPS) is 11.1. The van der Waals surface area contributed by atoms with Crippen molar-refractivity contribution >= 4 is 28.7 Å². The smallest absolute Gasteiger partial charge is 0.258 e. The highest BCUT2D eigenvalue weighted by atomic mass is 32.1. The van der Waals surface area contributed by atoms with Crippen molar-refractivity contribution in [3.63, 3.8) is 0 Å². The lowest BCUT2D eigenvalue weighted by Crippen LogP contribution is -1.88. The van der Waals surface area contributed by atoms with Crippen LogP contribution < -0.4 is 0 Å². The van der Waals surface area contributed by atoms with E-state index in [0.717, 1.165) is 11.3 Å².